The topological polar surface area (TPSA) is 36.4 Å². The highest BCUT2D eigenvalue weighted by Gasteiger charge is 2.03. The van der Waals surface area contributed by atoms with Crippen LogP contribution in [0.4, 0.5) is 4.39 Å². The van der Waals surface area contributed by atoms with E-state index in [0.29, 0.717) is 24.6 Å². The SMILES string of the molecule is CCNC(=NCc1ccccc1F)NCc1cc(Br)cs1. The Kier molecular flexibility index (Phi) is 6.20. The summed E-state index contributed by atoms with van der Waals surface area (Å²) in [5.41, 5.74) is 0.591. The molecule has 1 heterocycles. The zero-order valence-corrected chi connectivity index (χ0v) is 14.1. The molecule has 0 saturated carbocycles. The Morgan fingerprint density at radius 2 is 2.14 bits per heavy atom. The van der Waals surface area contributed by atoms with Gasteiger partial charge < -0.3 is 10.6 Å². The summed E-state index contributed by atoms with van der Waals surface area (Å²) in [5.74, 6) is 0.463. The monoisotopic (exact) mass is 369 g/mol. The standard InChI is InChI=1S/C15H17BrFN3S/c1-2-18-15(20-9-13-7-12(16)10-21-13)19-8-11-5-3-4-6-14(11)17/h3-7,10H,2,8-9H2,1H3,(H2,18,19,20). The van der Waals surface area contributed by atoms with Crippen molar-refractivity contribution in [3.05, 3.63) is 56.4 Å². The van der Waals surface area contributed by atoms with Crippen molar-refractivity contribution in [2.75, 3.05) is 6.54 Å². The van der Waals surface area contributed by atoms with Gasteiger partial charge in [0.1, 0.15) is 5.82 Å². The van der Waals surface area contributed by atoms with Crippen LogP contribution in [-0.2, 0) is 13.1 Å². The van der Waals surface area contributed by atoms with E-state index in [4.69, 9.17) is 0 Å². The Hall–Kier alpha value is -1.40. The number of hydrogen-bond acceptors (Lipinski definition) is 2. The maximum Gasteiger partial charge on any atom is 0.191 e. The van der Waals surface area contributed by atoms with Gasteiger partial charge in [0.2, 0.25) is 0 Å². The summed E-state index contributed by atoms with van der Waals surface area (Å²) >= 11 is 5.11. The third kappa shape index (κ3) is 5.13. The maximum atomic E-state index is 13.6. The molecule has 112 valence electrons. The molecule has 1 aromatic heterocycles. The Morgan fingerprint density at radius 3 is 2.81 bits per heavy atom. The van der Waals surface area contributed by atoms with E-state index in [0.717, 1.165) is 11.0 Å². The van der Waals surface area contributed by atoms with Crippen molar-refractivity contribution in [2.24, 2.45) is 4.99 Å². The van der Waals surface area contributed by atoms with E-state index in [2.05, 4.69) is 37.6 Å². The number of guanidine groups is 1. The van der Waals surface area contributed by atoms with Crippen LogP contribution in [0.1, 0.15) is 17.4 Å². The summed E-state index contributed by atoms with van der Waals surface area (Å²) in [5, 5.41) is 8.45. The second kappa shape index (κ2) is 8.14. The Bertz CT molecular complexity index is 612. The number of aliphatic imine (C=N–C) groups is 1. The van der Waals surface area contributed by atoms with Gasteiger partial charge in [0.15, 0.2) is 5.96 Å². The maximum absolute atomic E-state index is 13.6. The van der Waals surface area contributed by atoms with Gasteiger partial charge in [0.05, 0.1) is 13.1 Å². The van der Waals surface area contributed by atoms with Crippen LogP contribution in [-0.4, -0.2) is 12.5 Å². The Labute approximate surface area is 136 Å². The first-order valence-electron chi connectivity index (χ1n) is 6.67. The van der Waals surface area contributed by atoms with Gasteiger partial charge in [-0.15, -0.1) is 11.3 Å². The summed E-state index contributed by atoms with van der Waals surface area (Å²) < 4.78 is 14.6. The number of rotatable bonds is 5. The van der Waals surface area contributed by atoms with Crippen LogP contribution < -0.4 is 10.6 Å². The van der Waals surface area contributed by atoms with Crippen LogP contribution >= 0.6 is 27.3 Å². The molecule has 0 saturated heterocycles. The molecule has 0 unspecified atom stereocenters. The molecule has 21 heavy (non-hydrogen) atoms. The van der Waals surface area contributed by atoms with Gasteiger partial charge in [0, 0.05) is 26.8 Å². The lowest BCUT2D eigenvalue weighted by Crippen LogP contribution is -2.36. The van der Waals surface area contributed by atoms with Crippen molar-refractivity contribution < 1.29 is 4.39 Å². The number of nitrogens with one attached hydrogen (secondary N) is 2. The summed E-state index contributed by atoms with van der Waals surface area (Å²) in [6.07, 6.45) is 0. The highest BCUT2D eigenvalue weighted by atomic mass is 79.9. The zero-order valence-electron chi connectivity index (χ0n) is 11.7. The highest BCUT2D eigenvalue weighted by Crippen LogP contribution is 2.19. The molecule has 2 N–H and O–H groups in total. The molecule has 0 spiro atoms. The van der Waals surface area contributed by atoms with E-state index in [1.165, 1.54) is 10.9 Å². The van der Waals surface area contributed by atoms with Gasteiger partial charge in [0.25, 0.3) is 0 Å². The van der Waals surface area contributed by atoms with Crippen molar-refractivity contribution in [1.29, 1.82) is 0 Å². The fraction of sp³-hybridized carbons (Fsp3) is 0.267. The van der Waals surface area contributed by atoms with Crippen LogP contribution in [0.3, 0.4) is 0 Å². The van der Waals surface area contributed by atoms with Crippen molar-refractivity contribution in [1.82, 2.24) is 10.6 Å². The van der Waals surface area contributed by atoms with Crippen LogP contribution in [0, 0.1) is 5.82 Å². The van der Waals surface area contributed by atoms with Crippen molar-refractivity contribution >= 4 is 33.2 Å². The molecule has 1 aromatic carbocycles. The van der Waals surface area contributed by atoms with Gasteiger partial charge in [-0.1, -0.05) is 18.2 Å². The summed E-state index contributed by atoms with van der Waals surface area (Å²) in [6.45, 7) is 3.77. The van der Waals surface area contributed by atoms with Gasteiger partial charge in [-0.25, -0.2) is 9.38 Å². The second-order valence-corrected chi connectivity index (χ2v) is 6.28. The first kappa shape index (κ1) is 16.0. The van der Waals surface area contributed by atoms with Crippen LogP contribution in [0.2, 0.25) is 0 Å². The van der Waals surface area contributed by atoms with Crippen LogP contribution in [0.5, 0.6) is 0 Å². The number of halogens is 2. The van der Waals surface area contributed by atoms with Crippen molar-refractivity contribution in [3.8, 4) is 0 Å². The predicted octanol–water partition coefficient (Wildman–Crippen LogP) is 3.91. The fourth-order valence-electron chi connectivity index (χ4n) is 1.75. The zero-order chi connectivity index (χ0) is 15.1. The van der Waals surface area contributed by atoms with E-state index >= 15 is 0 Å². The third-order valence-electron chi connectivity index (χ3n) is 2.76. The largest absolute Gasteiger partial charge is 0.357 e. The minimum atomic E-state index is -0.223. The lowest BCUT2D eigenvalue weighted by Gasteiger charge is -2.10. The Balaban J connectivity index is 1.97. The molecule has 2 rings (SSSR count). The smallest absolute Gasteiger partial charge is 0.191 e. The molecular weight excluding hydrogens is 353 g/mol. The molecule has 0 aliphatic carbocycles. The molecule has 0 atom stereocenters. The van der Waals surface area contributed by atoms with Gasteiger partial charge >= 0.3 is 0 Å². The molecular formula is C15H17BrFN3S. The van der Waals surface area contributed by atoms with E-state index in [9.17, 15) is 4.39 Å². The van der Waals surface area contributed by atoms with E-state index in [1.807, 2.05) is 18.4 Å². The molecule has 2 aromatic rings. The fourth-order valence-corrected chi connectivity index (χ4v) is 3.14. The van der Waals surface area contributed by atoms with Gasteiger partial charge in [-0.2, -0.15) is 0 Å². The second-order valence-electron chi connectivity index (χ2n) is 4.37. The number of hydrogen-bond donors (Lipinski definition) is 2. The van der Waals surface area contributed by atoms with Crippen LogP contribution in [0.15, 0.2) is 45.2 Å². The first-order valence-corrected chi connectivity index (χ1v) is 8.34. The highest BCUT2D eigenvalue weighted by molar-refractivity contribution is 9.10. The minimum Gasteiger partial charge on any atom is -0.357 e. The number of thiophene rings is 1. The van der Waals surface area contributed by atoms with Gasteiger partial charge in [-0.3, -0.25) is 0 Å². The first-order chi connectivity index (χ1) is 10.2. The molecule has 0 amide bonds. The average Bonchev–Trinajstić information content (AvgIpc) is 2.89. The van der Waals surface area contributed by atoms with Crippen LogP contribution in [0.25, 0.3) is 0 Å². The van der Waals surface area contributed by atoms with Crippen molar-refractivity contribution in [2.45, 2.75) is 20.0 Å². The summed E-state index contributed by atoms with van der Waals surface area (Å²) in [4.78, 5) is 5.62. The molecule has 0 radical (unpaired) electrons. The number of benzene rings is 1. The quantitative estimate of drug-likeness (QED) is 0.619. The van der Waals surface area contributed by atoms with E-state index in [-0.39, 0.29) is 5.82 Å². The normalized spacial score (nSPS) is 11.5. The summed E-state index contributed by atoms with van der Waals surface area (Å²) in [6, 6.07) is 8.77. The average molecular weight is 370 g/mol. The Morgan fingerprint density at radius 1 is 1.33 bits per heavy atom. The lowest BCUT2D eigenvalue weighted by atomic mass is 10.2. The van der Waals surface area contributed by atoms with E-state index in [1.54, 1.807) is 23.5 Å². The molecule has 0 aliphatic rings. The van der Waals surface area contributed by atoms with E-state index < -0.39 is 0 Å². The molecule has 0 fully saturated rings. The molecule has 0 aliphatic heterocycles. The molecule has 0 bridgehead atoms. The third-order valence-corrected chi connectivity index (χ3v) is 4.46. The molecule has 3 nitrogen and oxygen atoms in total. The lowest BCUT2D eigenvalue weighted by molar-refractivity contribution is 0.610. The van der Waals surface area contributed by atoms with Crippen molar-refractivity contribution in [3.63, 3.8) is 0 Å². The minimum absolute atomic E-state index is 0.223. The summed E-state index contributed by atoms with van der Waals surface area (Å²) in [7, 11) is 0. The van der Waals surface area contributed by atoms with Gasteiger partial charge in [-0.05, 0) is 35.0 Å². The predicted molar refractivity (Wildman–Crippen MR) is 90.1 cm³/mol. The number of nitrogens with zero attached hydrogens (tertiary/aromatic N) is 1. The molecule has 6 heteroatoms.